The van der Waals surface area contributed by atoms with E-state index in [1.807, 2.05) is 6.07 Å². The van der Waals surface area contributed by atoms with Crippen LogP contribution in [0, 0.1) is 5.92 Å². The Morgan fingerprint density at radius 3 is 2.72 bits per heavy atom. The van der Waals surface area contributed by atoms with Gasteiger partial charge in [0.1, 0.15) is 18.4 Å². The minimum absolute atomic E-state index is 0.0578. The number of quaternary nitrogens is 1. The van der Waals surface area contributed by atoms with Gasteiger partial charge in [0.25, 0.3) is 0 Å². The fourth-order valence-electron chi connectivity index (χ4n) is 5.03. The topological polar surface area (TPSA) is 86.2 Å². The highest BCUT2D eigenvalue weighted by Gasteiger charge is 2.36. The number of aliphatic hydroxyl groups excluding tert-OH is 1. The van der Waals surface area contributed by atoms with Crippen molar-refractivity contribution in [2.24, 2.45) is 5.92 Å². The molecule has 3 N–H and O–H groups in total. The van der Waals surface area contributed by atoms with Crippen LogP contribution in [0.3, 0.4) is 0 Å². The first-order valence-corrected chi connectivity index (χ1v) is 12.2. The zero-order valence-corrected chi connectivity index (χ0v) is 19.7. The number of benzene rings is 2. The number of hydrogen-bond acceptors (Lipinski definition) is 4. The molecule has 2 aromatic carbocycles. The van der Waals surface area contributed by atoms with Crippen molar-refractivity contribution < 1.29 is 25.1 Å². The van der Waals surface area contributed by atoms with Crippen LogP contribution in [0.2, 0.25) is 0 Å². The number of ether oxygens (including phenoxy) is 1. The predicted octanol–water partition coefficient (Wildman–Crippen LogP) is 2.92. The molecule has 2 aromatic rings. The number of halogens is 1. The van der Waals surface area contributed by atoms with Crippen LogP contribution in [-0.2, 0) is 6.54 Å². The summed E-state index contributed by atoms with van der Waals surface area (Å²) in [6, 6.07) is 14.7. The molecule has 5 rings (SSSR count). The normalized spacial score (nSPS) is 25.3. The molecule has 4 atom stereocenters. The van der Waals surface area contributed by atoms with Crippen LogP contribution < -0.4 is 15.2 Å². The van der Waals surface area contributed by atoms with Crippen LogP contribution >= 0.6 is 15.9 Å². The molecule has 32 heavy (non-hydrogen) atoms. The fourth-order valence-corrected chi connectivity index (χ4v) is 5.50. The first-order valence-electron chi connectivity index (χ1n) is 11.4. The smallest absolute Gasteiger partial charge is 0.132 e. The lowest BCUT2D eigenvalue weighted by molar-refractivity contribution is -0.713. The summed E-state index contributed by atoms with van der Waals surface area (Å²) in [5, 5.41) is 22.8. The number of carboxylic acid groups (broad SMARTS) is 1. The lowest BCUT2D eigenvalue weighted by atomic mass is 9.85. The molecular weight excluding hydrogens is 470 g/mol. The van der Waals surface area contributed by atoms with Gasteiger partial charge in [0.05, 0.1) is 18.6 Å². The number of aliphatic hydroxyl groups is 1. The Morgan fingerprint density at radius 2 is 1.97 bits per heavy atom. The van der Waals surface area contributed by atoms with E-state index in [1.54, 1.807) is 0 Å². The molecule has 1 saturated carbocycles. The number of carbonyl (C=O) groups is 1. The van der Waals surface area contributed by atoms with Gasteiger partial charge in [-0.25, -0.2) is 0 Å². The Kier molecular flexibility index (Phi) is 7.66. The van der Waals surface area contributed by atoms with Crippen molar-refractivity contribution >= 4 is 21.9 Å². The quantitative estimate of drug-likeness (QED) is 0.619. The van der Waals surface area contributed by atoms with E-state index in [9.17, 15) is 15.0 Å². The van der Waals surface area contributed by atoms with Crippen molar-refractivity contribution in [1.82, 2.24) is 0 Å². The number of aromatic carboxylic acids is 1. The highest BCUT2D eigenvalue weighted by atomic mass is 79.9. The van der Waals surface area contributed by atoms with Gasteiger partial charge in [-0.15, -0.1) is 0 Å². The minimum Gasteiger partial charge on any atom is -0.545 e. The number of rotatable bonds is 5. The molecule has 0 spiro atoms. The lowest BCUT2D eigenvalue weighted by Crippen LogP contribution is -2.90. The van der Waals surface area contributed by atoms with Gasteiger partial charge < -0.3 is 25.1 Å². The standard InChI is InChI=1S/C14H21NO.C12H9BrO3/c16-11-13-8-4-5-9-14(13)15-10-12-6-2-1-3-7-12;13-6-4-8-7-2-1-3-10(7)16-11(8)9(5-6)12(14)15/h1-3,6-7,13-16H,4-5,8-11H2;1-2,4-5,7,10H,3H2,(H,14,15)/t13-,14-;7-,10-/m00/s1. The zero-order valence-electron chi connectivity index (χ0n) is 18.1. The average Bonchev–Trinajstić information content (AvgIpc) is 3.40. The zero-order chi connectivity index (χ0) is 22.5. The van der Waals surface area contributed by atoms with Gasteiger partial charge in [0.15, 0.2) is 0 Å². The molecule has 170 valence electrons. The van der Waals surface area contributed by atoms with Crippen molar-refractivity contribution in [3.05, 3.63) is 75.8 Å². The maximum absolute atomic E-state index is 11.0. The molecule has 0 amide bonds. The summed E-state index contributed by atoms with van der Waals surface area (Å²) in [6.07, 6.45) is 10.1. The van der Waals surface area contributed by atoms with Gasteiger partial charge in [0, 0.05) is 39.4 Å². The number of nitrogens with two attached hydrogens (primary N) is 1. The van der Waals surface area contributed by atoms with Gasteiger partial charge >= 0.3 is 0 Å². The first-order chi connectivity index (χ1) is 15.6. The Hall–Kier alpha value is -2.15. The maximum Gasteiger partial charge on any atom is 0.132 e. The summed E-state index contributed by atoms with van der Waals surface area (Å²) < 4.78 is 6.42. The lowest BCUT2D eigenvalue weighted by Gasteiger charge is -2.28. The van der Waals surface area contributed by atoms with Gasteiger partial charge in [-0.1, -0.05) is 64.8 Å². The van der Waals surface area contributed by atoms with E-state index in [-0.39, 0.29) is 17.6 Å². The van der Waals surface area contributed by atoms with Crippen LogP contribution in [0.5, 0.6) is 5.75 Å². The predicted molar refractivity (Wildman–Crippen MR) is 124 cm³/mol. The molecule has 1 aliphatic heterocycles. The van der Waals surface area contributed by atoms with Gasteiger partial charge in [-0.05, 0) is 31.4 Å². The summed E-state index contributed by atoms with van der Waals surface area (Å²) in [5.74, 6) is -0.0212. The monoisotopic (exact) mass is 499 g/mol. The summed E-state index contributed by atoms with van der Waals surface area (Å²) in [5.41, 5.74) is 2.45. The van der Waals surface area contributed by atoms with Gasteiger partial charge in [0.2, 0.25) is 0 Å². The Morgan fingerprint density at radius 1 is 1.19 bits per heavy atom. The minimum atomic E-state index is -1.19. The van der Waals surface area contributed by atoms with Gasteiger partial charge in [-0.2, -0.15) is 0 Å². The third-order valence-electron chi connectivity index (χ3n) is 6.74. The Balaban J connectivity index is 0.000000153. The maximum atomic E-state index is 11.0. The van der Waals surface area contributed by atoms with E-state index >= 15 is 0 Å². The Bertz CT molecular complexity index is 962. The number of fused-ring (bicyclic) bond motifs is 3. The molecule has 0 unspecified atom stereocenters. The van der Waals surface area contributed by atoms with E-state index in [0.29, 0.717) is 24.3 Å². The number of carboxylic acids is 1. The van der Waals surface area contributed by atoms with E-state index < -0.39 is 5.97 Å². The first kappa shape index (κ1) is 23.0. The van der Waals surface area contributed by atoms with Crippen molar-refractivity contribution in [2.45, 2.75) is 56.7 Å². The van der Waals surface area contributed by atoms with Crippen LogP contribution in [0.15, 0.2) is 59.1 Å². The largest absolute Gasteiger partial charge is 0.545 e. The van der Waals surface area contributed by atoms with E-state index in [4.69, 9.17) is 4.74 Å². The van der Waals surface area contributed by atoms with Crippen molar-refractivity contribution in [2.75, 3.05) is 6.61 Å². The highest BCUT2D eigenvalue weighted by Crippen LogP contribution is 2.46. The molecule has 0 aromatic heterocycles. The molecule has 1 heterocycles. The molecule has 5 nitrogen and oxygen atoms in total. The van der Waals surface area contributed by atoms with Crippen molar-refractivity contribution in [1.29, 1.82) is 0 Å². The summed E-state index contributed by atoms with van der Waals surface area (Å²) in [4.78, 5) is 11.0. The van der Waals surface area contributed by atoms with Crippen LogP contribution in [0.1, 0.15) is 59.5 Å². The van der Waals surface area contributed by atoms with Crippen LogP contribution in [-0.4, -0.2) is 29.8 Å². The second kappa shape index (κ2) is 10.6. The third-order valence-corrected chi connectivity index (χ3v) is 7.20. The SMILES string of the molecule is O=C([O-])c1cc(Br)cc2c1O[C@H]1CC=C[C@@H]21.OC[C@@H]1CCCC[C@@H]1[NH2+]Cc1ccccc1. The second-order valence-electron chi connectivity index (χ2n) is 8.82. The van der Waals surface area contributed by atoms with E-state index in [1.165, 1.54) is 37.3 Å². The van der Waals surface area contributed by atoms with Crippen LogP contribution in [0.25, 0.3) is 0 Å². The molecule has 2 aliphatic carbocycles. The fraction of sp³-hybridized carbons (Fsp3) is 0.423. The van der Waals surface area contributed by atoms with E-state index in [2.05, 4.69) is 63.7 Å². The van der Waals surface area contributed by atoms with Crippen molar-refractivity contribution in [3.8, 4) is 5.75 Å². The molecule has 0 radical (unpaired) electrons. The van der Waals surface area contributed by atoms with Crippen LogP contribution in [0.4, 0.5) is 0 Å². The average molecular weight is 500 g/mol. The molecule has 6 heteroatoms. The highest BCUT2D eigenvalue weighted by molar-refractivity contribution is 9.10. The second-order valence-corrected chi connectivity index (χ2v) is 9.74. The third kappa shape index (κ3) is 5.25. The molecule has 0 bridgehead atoms. The number of hydrogen-bond donors (Lipinski definition) is 2. The summed E-state index contributed by atoms with van der Waals surface area (Å²) >= 11 is 3.31. The summed E-state index contributed by atoms with van der Waals surface area (Å²) in [7, 11) is 0. The molecular formula is C26H30BrNO4. The van der Waals surface area contributed by atoms with Crippen molar-refractivity contribution in [3.63, 3.8) is 0 Å². The molecule has 3 aliphatic rings. The molecule has 1 fully saturated rings. The number of carbonyl (C=O) groups excluding carboxylic acids is 1. The van der Waals surface area contributed by atoms with E-state index in [0.717, 1.165) is 23.0 Å². The molecule has 0 saturated heterocycles. The van der Waals surface area contributed by atoms with Gasteiger partial charge in [-0.3, -0.25) is 0 Å². The summed E-state index contributed by atoms with van der Waals surface area (Å²) in [6.45, 7) is 1.40. The Labute approximate surface area is 197 Å².